The summed E-state index contributed by atoms with van der Waals surface area (Å²) in [6, 6.07) is 94.1. The van der Waals surface area contributed by atoms with E-state index in [1.807, 2.05) is 30.3 Å². The highest BCUT2D eigenvalue weighted by atomic mass is 16.5. The molecule has 0 unspecified atom stereocenters. The van der Waals surface area contributed by atoms with E-state index < -0.39 is 0 Å². The van der Waals surface area contributed by atoms with Gasteiger partial charge in [-0.05, 0) is 111 Å². The SMILES string of the molecule is c1ccc(Oc2cc(N(c3cccc(-c4ccccc4)c3)c3cccc(-c4ccccc4)c3)cc(N(c3cccc(-c4ccccc4)c3)c3cccc(-c4ccccc4)c3)c2)cc1. The summed E-state index contributed by atoms with van der Waals surface area (Å²) in [5.41, 5.74) is 15.1. The molecule has 0 bridgehead atoms. The molecule has 3 nitrogen and oxygen atoms in total. The first kappa shape index (κ1) is 38.8. The van der Waals surface area contributed by atoms with Crippen molar-refractivity contribution >= 4 is 34.1 Å². The van der Waals surface area contributed by atoms with Crippen LogP contribution >= 0.6 is 0 Å². The van der Waals surface area contributed by atoms with Gasteiger partial charge in [-0.15, -0.1) is 0 Å². The lowest BCUT2D eigenvalue weighted by Gasteiger charge is -2.31. The quantitative estimate of drug-likeness (QED) is 0.122. The number of ether oxygens (including phenoxy) is 1. The van der Waals surface area contributed by atoms with Crippen molar-refractivity contribution in [3.8, 4) is 56.0 Å². The molecule has 0 saturated carbocycles. The summed E-state index contributed by atoms with van der Waals surface area (Å²) in [6.07, 6.45) is 0. The van der Waals surface area contributed by atoms with Crippen LogP contribution in [-0.4, -0.2) is 0 Å². The normalized spacial score (nSPS) is 10.9. The van der Waals surface area contributed by atoms with Crippen LogP contribution in [0.2, 0.25) is 0 Å². The monoisotopic (exact) mass is 808 g/mol. The van der Waals surface area contributed by atoms with Crippen LogP contribution in [-0.2, 0) is 0 Å². The maximum absolute atomic E-state index is 6.82. The molecule has 3 heteroatoms. The second kappa shape index (κ2) is 18.1. The van der Waals surface area contributed by atoms with Gasteiger partial charge < -0.3 is 14.5 Å². The maximum Gasteiger partial charge on any atom is 0.131 e. The van der Waals surface area contributed by atoms with Crippen molar-refractivity contribution in [1.82, 2.24) is 0 Å². The van der Waals surface area contributed by atoms with E-state index in [9.17, 15) is 0 Å². The molecule has 0 N–H and O–H groups in total. The van der Waals surface area contributed by atoms with Gasteiger partial charge in [0.05, 0.1) is 11.4 Å². The molecule has 10 rings (SSSR count). The van der Waals surface area contributed by atoms with Crippen LogP contribution in [0.4, 0.5) is 34.1 Å². The van der Waals surface area contributed by atoms with Crippen LogP contribution in [0.5, 0.6) is 11.5 Å². The van der Waals surface area contributed by atoms with E-state index in [1.165, 1.54) is 0 Å². The Hall–Kier alpha value is -8.40. The number of benzene rings is 10. The lowest BCUT2D eigenvalue weighted by atomic mass is 10.0. The molecule has 0 aromatic heterocycles. The fraction of sp³-hybridized carbons (Fsp3) is 0. The van der Waals surface area contributed by atoms with Crippen molar-refractivity contribution in [2.24, 2.45) is 0 Å². The third-order valence-corrected chi connectivity index (χ3v) is 11.2. The van der Waals surface area contributed by atoms with E-state index in [4.69, 9.17) is 4.74 Å². The molecule has 63 heavy (non-hydrogen) atoms. The molecular weight excluding hydrogens is 765 g/mol. The predicted molar refractivity (Wildman–Crippen MR) is 264 cm³/mol. The van der Waals surface area contributed by atoms with E-state index >= 15 is 0 Å². The second-order valence-electron chi connectivity index (χ2n) is 15.4. The summed E-state index contributed by atoms with van der Waals surface area (Å²) >= 11 is 0. The molecule has 0 amide bonds. The summed E-state index contributed by atoms with van der Waals surface area (Å²) in [6.45, 7) is 0. The van der Waals surface area contributed by atoms with Gasteiger partial charge in [0.2, 0.25) is 0 Å². The molecule has 10 aromatic carbocycles. The third kappa shape index (κ3) is 8.77. The van der Waals surface area contributed by atoms with Crippen molar-refractivity contribution in [2.75, 3.05) is 9.80 Å². The van der Waals surface area contributed by atoms with E-state index in [2.05, 4.69) is 246 Å². The highest BCUT2D eigenvalue weighted by Crippen LogP contribution is 2.46. The van der Waals surface area contributed by atoms with Crippen LogP contribution in [0.25, 0.3) is 44.5 Å². The molecular formula is C60H44N2O. The summed E-state index contributed by atoms with van der Waals surface area (Å²) in [5.74, 6) is 1.47. The number of anilines is 6. The van der Waals surface area contributed by atoms with Crippen molar-refractivity contribution in [3.05, 3.63) is 267 Å². The molecule has 0 aliphatic heterocycles. The molecule has 0 atom stereocenters. The third-order valence-electron chi connectivity index (χ3n) is 11.2. The summed E-state index contributed by atoms with van der Waals surface area (Å²) in [7, 11) is 0. The van der Waals surface area contributed by atoms with Crippen LogP contribution < -0.4 is 14.5 Å². The fourth-order valence-corrected chi connectivity index (χ4v) is 8.22. The topological polar surface area (TPSA) is 15.7 Å². The van der Waals surface area contributed by atoms with Crippen LogP contribution in [0, 0.1) is 0 Å². The smallest absolute Gasteiger partial charge is 0.131 e. The molecule has 0 saturated heterocycles. The molecule has 0 spiro atoms. The van der Waals surface area contributed by atoms with Gasteiger partial charge in [-0.2, -0.15) is 0 Å². The van der Waals surface area contributed by atoms with Crippen LogP contribution in [0.3, 0.4) is 0 Å². The zero-order valence-corrected chi connectivity index (χ0v) is 34.7. The Morgan fingerprint density at radius 2 is 0.460 bits per heavy atom. The summed E-state index contributed by atoms with van der Waals surface area (Å²) < 4.78 is 6.82. The zero-order valence-electron chi connectivity index (χ0n) is 34.7. The number of nitrogens with zero attached hydrogens (tertiary/aromatic N) is 2. The van der Waals surface area contributed by atoms with Crippen molar-refractivity contribution < 1.29 is 4.74 Å². The Bertz CT molecular complexity index is 2730. The molecule has 0 heterocycles. The second-order valence-corrected chi connectivity index (χ2v) is 15.4. The number of hydrogen-bond acceptors (Lipinski definition) is 3. The molecule has 0 aliphatic carbocycles. The van der Waals surface area contributed by atoms with E-state index in [0.29, 0.717) is 5.75 Å². The van der Waals surface area contributed by atoms with Gasteiger partial charge in [-0.1, -0.05) is 188 Å². The number of rotatable bonds is 12. The molecule has 0 aliphatic rings. The average Bonchev–Trinajstić information content (AvgIpc) is 3.36. The van der Waals surface area contributed by atoms with Gasteiger partial charge >= 0.3 is 0 Å². The Morgan fingerprint density at radius 3 is 0.762 bits per heavy atom. The Labute approximate surface area is 370 Å². The standard InChI is InChI=1S/C60H44N2O/c1-6-20-45(21-7-1)49-28-16-32-53(38-49)61(54-33-17-29-50(39-54)46-22-8-2-9-23-46)57-42-58(44-60(43-57)63-59-36-14-5-15-37-59)62(55-34-18-30-51(40-55)47-24-10-3-11-25-47)56-35-19-31-52(41-56)48-26-12-4-13-27-48/h1-44H. The van der Waals surface area contributed by atoms with E-state index in [1.54, 1.807) is 0 Å². The van der Waals surface area contributed by atoms with Gasteiger partial charge in [0.1, 0.15) is 11.5 Å². The first-order valence-corrected chi connectivity index (χ1v) is 21.3. The number of para-hydroxylation sites is 1. The Kier molecular flexibility index (Phi) is 11.1. The molecule has 300 valence electrons. The predicted octanol–water partition coefficient (Wildman–Crippen LogP) is 17.1. The van der Waals surface area contributed by atoms with Gasteiger partial charge in [-0.25, -0.2) is 0 Å². The van der Waals surface area contributed by atoms with Gasteiger partial charge in [0.15, 0.2) is 0 Å². The fourth-order valence-electron chi connectivity index (χ4n) is 8.22. The summed E-state index contributed by atoms with van der Waals surface area (Å²) in [4.78, 5) is 4.69. The minimum atomic E-state index is 0.709. The van der Waals surface area contributed by atoms with E-state index in [-0.39, 0.29) is 0 Å². The molecule has 0 radical (unpaired) electrons. The van der Waals surface area contributed by atoms with Crippen LogP contribution in [0.1, 0.15) is 0 Å². The van der Waals surface area contributed by atoms with Gasteiger partial charge in [0.25, 0.3) is 0 Å². The van der Waals surface area contributed by atoms with Crippen LogP contribution in [0.15, 0.2) is 267 Å². The number of hydrogen-bond donors (Lipinski definition) is 0. The van der Waals surface area contributed by atoms with E-state index in [0.717, 1.165) is 84.4 Å². The first-order chi connectivity index (χ1) is 31.2. The summed E-state index contributed by atoms with van der Waals surface area (Å²) in [5, 5.41) is 0. The largest absolute Gasteiger partial charge is 0.457 e. The molecule has 0 fully saturated rings. The molecule has 10 aromatic rings. The van der Waals surface area contributed by atoms with Crippen molar-refractivity contribution in [1.29, 1.82) is 0 Å². The van der Waals surface area contributed by atoms with Gasteiger partial charge in [-0.3, -0.25) is 0 Å². The minimum absolute atomic E-state index is 0.709. The first-order valence-electron chi connectivity index (χ1n) is 21.3. The average molecular weight is 809 g/mol. The van der Waals surface area contributed by atoms with Crippen molar-refractivity contribution in [3.63, 3.8) is 0 Å². The lowest BCUT2D eigenvalue weighted by molar-refractivity contribution is 0.483. The minimum Gasteiger partial charge on any atom is -0.457 e. The maximum atomic E-state index is 6.82. The highest BCUT2D eigenvalue weighted by Gasteiger charge is 2.21. The van der Waals surface area contributed by atoms with Crippen molar-refractivity contribution in [2.45, 2.75) is 0 Å². The lowest BCUT2D eigenvalue weighted by Crippen LogP contribution is -2.14. The highest BCUT2D eigenvalue weighted by molar-refractivity contribution is 5.88. The van der Waals surface area contributed by atoms with Gasteiger partial charge in [0, 0.05) is 34.9 Å². The Balaban J connectivity index is 1.21. The zero-order chi connectivity index (χ0) is 42.2. The Morgan fingerprint density at radius 1 is 0.190 bits per heavy atom.